The molecule has 0 aromatic heterocycles. The van der Waals surface area contributed by atoms with Crippen LogP contribution in [-0.4, -0.2) is 37.2 Å². The minimum atomic E-state index is -0.528. The molecule has 0 fully saturated rings. The Kier molecular flexibility index (Phi) is 8.15. The molecule has 3 amide bonds. The van der Waals surface area contributed by atoms with Crippen LogP contribution >= 0.6 is 11.8 Å². The topological polar surface area (TPSA) is 120 Å². The van der Waals surface area contributed by atoms with Gasteiger partial charge in [-0.2, -0.15) is 0 Å². The van der Waals surface area contributed by atoms with E-state index in [0.29, 0.717) is 34.0 Å². The van der Waals surface area contributed by atoms with Crippen LogP contribution in [0.3, 0.4) is 0 Å². The summed E-state index contributed by atoms with van der Waals surface area (Å²) in [5.74, 6) is -0.0260. The largest absolute Gasteiger partial charge is 0.493 e. The third-order valence-corrected chi connectivity index (χ3v) is 5.95. The highest BCUT2D eigenvalue weighted by Crippen LogP contribution is 2.29. The molecular formula is C25H25N3O5S. The summed E-state index contributed by atoms with van der Waals surface area (Å²) in [7, 11) is 3.04. The number of nitrogens with two attached hydrogens (primary N) is 1. The standard InChI is InChI=1S/C25H25N3O5S/c1-15(24(30)27-18-10-7-16(8-11-18)23(26)29)34-20-6-4-5-19(14-20)28-25(31)17-9-12-21(32-2)22(13-17)33-3/h4-15H,1-3H3,(H2,26,29)(H,27,30)(H,28,31). The highest BCUT2D eigenvalue weighted by Gasteiger charge is 2.16. The van der Waals surface area contributed by atoms with Crippen molar-refractivity contribution in [3.8, 4) is 11.5 Å². The van der Waals surface area contributed by atoms with E-state index in [1.54, 1.807) is 67.6 Å². The summed E-state index contributed by atoms with van der Waals surface area (Å²) in [4.78, 5) is 37.3. The lowest BCUT2D eigenvalue weighted by Gasteiger charge is -2.13. The Morgan fingerprint density at radius 1 is 0.824 bits per heavy atom. The van der Waals surface area contributed by atoms with Crippen molar-refractivity contribution in [3.63, 3.8) is 0 Å². The number of hydrogen-bond donors (Lipinski definition) is 3. The Morgan fingerprint density at radius 2 is 1.50 bits per heavy atom. The van der Waals surface area contributed by atoms with E-state index in [1.165, 1.54) is 26.0 Å². The lowest BCUT2D eigenvalue weighted by Crippen LogP contribution is -2.22. The van der Waals surface area contributed by atoms with Gasteiger partial charge in [0.05, 0.1) is 19.5 Å². The van der Waals surface area contributed by atoms with Crippen molar-refractivity contribution in [2.24, 2.45) is 5.73 Å². The van der Waals surface area contributed by atoms with Crippen LogP contribution in [0.15, 0.2) is 71.6 Å². The number of rotatable bonds is 9. The lowest BCUT2D eigenvalue weighted by atomic mass is 10.2. The van der Waals surface area contributed by atoms with Crippen LogP contribution in [0.1, 0.15) is 27.6 Å². The number of ether oxygens (including phenoxy) is 2. The first-order valence-corrected chi connectivity index (χ1v) is 11.2. The first kappa shape index (κ1) is 24.7. The number of nitrogens with one attached hydrogen (secondary N) is 2. The second kappa shape index (κ2) is 11.2. The third-order valence-electron chi connectivity index (χ3n) is 4.86. The molecule has 0 aliphatic heterocycles. The minimum Gasteiger partial charge on any atom is -0.493 e. The first-order valence-electron chi connectivity index (χ1n) is 10.3. The Morgan fingerprint density at radius 3 is 2.15 bits per heavy atom. The molecule has 1 unspecified atom stereocenters. The van der Waals surface area contributed by atoms with Gasteiger partial charge in [-0.25, -0.2) is 0 Å². The zero-order chi connectivity index (χ0) is 24.7. The molecule has 0 saturated carbocycles. The zero-order valence-corrected chi connectivity index (χ0v) is 19.8. The molecule has 0 aliphatic rings. The van der Waals surface area contributed by atoms with E-state index in [9.17, 15) is 14.4 Å². The van der Waals surface area contributed by atoms with Crippen LogP contribution in [0, 0.1) is 0 Å². The Labute approximate surface area is 201 Å². The second-order valence-corrected chi connectivity index (χ2v) is 8.66. The average Bonchev–Trinajstić information content (AvgIpc) is 2.84. The number of anilines is 2. The molecule has 0 aliphatic carbocycles. The summed E-state index contributed by atoms with van der Waals surface area (Å²) in [6.45, 7) is 1.78. The van der Waals surface area contributed by atoms with Gasteiger partial charge in [0.1, 0.15) is 0 Å². The van der Waals surface area contributed by atoms with Gasteiger partial charge in [0.15, 0.2) is 11.5 Å². The fraction of sp³-hybridized carbons (Fsp3) is 0.160. The first-order chi connectivity index (χ1) is 16.3. The van der Waals surface area contributed by atoms with Crippen molar-refractivity contribution >= 4 is 40.9 Å². The molecule has 0 bridgehead atoms. The van der Waals surface area contributed by atoms with Crippen molar-refractivity contribution < 1.29 is 23.9 Å². The highest BCUT2D eigenvalue weighted by atomic mass is 32.2. The number of hydrogen-bond acceptors (Lipinski definition) is 6. The minimum absolute atomic E-state index is 0.198. The fourth-order valence-electron chi connectivity index (χ4n) is 3.05. The molecule has 3 aromatic rings. The summed E-state index contributed by atoms with van der Waals surface area (Å²) in [5, 5.41) is 5.26. The maximum atomic E-state index is 12.7. The third kappa shape index (κ3) is 6.29. The van der Waals surface area contributed by atoms with Crippen LogP contribution < -0.4 is 25.8 Å². The van der Waals surface area contributed by atoms with E-state index < -0.39 is 11.2 Å². The Bertz CT molecular complexity index is 1200. The summed E-state index contributed by atoms with van der Waals surface area (Å²) in [5.41, 5.74) is 7.19. The van der Waals surface area contributed by atoms with Gasteiger partial charge in [-0.1, -0.05) is 6.07 Å². The maximum Gasteiger partial charge on any atom is 0.255 e. The molecule has 0 heterocycles. The van der Waals surface area contributed by atoms with E-state index in [1.807, 2.05) is 6.07 Å². The Hall–Kier alpha value is -3.98. The molecule has 1 atom stereocenters. The molecule has 0 spiro atoms. The maximum absolute atomic E-state index is 12.7. The Balaban J connectivity index is 1.62. The smallest absolute Gasteiger partial charge is 0.255 e. The molecule has 3 aromatic carbocycles. The average molecular weight is 480 g/mol. The number of carbonyl (C=O) groups is 3. The summed E-state index contributed by atoms with van der Waals surface area (Å²) < 4.78 is 10.5. The molecule has 0 radical (unpaired) electrons. The van der Waals surface area contributed by atoms with Gasteiger partial charge in [0.25, 0.3) is 5.91 Å². The van der Waals surface area contributed by atoms with Gasteiger partial charge >= 0.3 is 0 Å². The molecule has 3 rings (SSSR count). The SMILES string of the molecule is COc1ccc(C(=O)Nc2cccc(SC(C)C(=O)Nc3ccc(C(N)=O)cc3)c2)cc1OC. The van der Waals surface area contributed by atoms with Gasteiger partial charge in [-0.15, -0.1) is 11.8 Å². The summed E-state index contributed by atoms with van der Waals surface area (Å²) in [6, 6.07) is 18.5. The van der Waals surface area contributed by atoms with Gasteiger partial charge in [0.2, 0.25) is 11.8 Å². The highest BCUT2D eigenvalue weighted by molar-refractivity contribution is 8.00. The fourth-order valence-corrected chi connectivity index (χ4v) is 3.97. The molecule has 4 N–H and O–H groups in total. The van der Waals surface area contributed by atoms with Crippen LogP contribution in [0.2, 0.25) is 0 Å². The molecular weight excluding hydrogens is 454 g/mol. The zero-order valence-electron chi connectivity index (χ0n) is 19.0. The number of benzene rings is 3. The van der Waals surface area contributed by atoms with Gasteiger partial charge < -0.3 is 25.8 Å². The second-order valence-electron chi connectivity index (χ2n) is 7.24. The van der Waals surface area contributed by atoms with E-state index in [0.717, 1.165) is 4.90 Å². The number of carbonyl (C=O) groups excluding carboxylic acids is 3. The molecule has 8 nitrogen and oxygen atoms in total. The molecule has 0 saturated heterocycles. The van der Waals surface area contributed by atoms with Gasteiger partial charge in [-0.05, 0) is 67.6 Å². The van der Waals surface area contributed by atoms with Crippen LogP contribution in [0.5, 0.6) is 11.5 Å². The van der Waals surface area contributed by atoms with Gasteiger partial charge in [-0.3, -0.25) is 14.4 Å². The monoisotopic (exact) mass is 479 g/mol. The molecule has 34 heavy (non-hydrogen) atoms. The quantitative estimate of drug-likeness (QED) is 0.396. The number of thioether (sulfide) groups is 1. The lowest BCUT2D eigenvalue weighted by molar-refractivity contribution is -0.115. The van der Waals surface area contributed by atoms with E-state index in [-0.39, 0.29) is 11.8 Å². The van der Waals surface area contributed by atoms with Gasteiger partial charge in [0, 0.05) is 27.4 Å². The molecule has 9 heteroatoms. The number of methoxy groups -OCH3 is 2. The predicted molar refractivity (Wildman–Crippen MR) is 133 cm³/mol. The van der Waals surface area contributed by atoms with Crippen molar-refractivity contribution in [3.05, 3.63) is 77.9 Å². The van der Waals surface area contributed by atoms with E-state index in [2.05, 4.69) is 10.6 Å². The normalized spacial score (nSPS) is 11.3. The van der Waals surface area contributed by atoms with Crippen molar-refractivity contribution in [1.82, 2.24) is 0 Å². The number of amides is 3. The van der Waals surface area contributed by atoms with Crippen molar-refractivity contribution in [1.29, 1.82) is 0 Å². The van der Waals surface area contributed by atoms with Crippen molar-refractivity contribution in [2.45, 2.75) is 17.1 Å². The summed E-state index contributed by atoms with van der Waals surface area (Å²) >= 11 is 1.35. The molecule has 176 valence electrons. The predicted octanol–water partition coefficient (Wildman–Crippen LogP) is 4.17. The summed E-state index contributed by atoms with van der Waals surface area (Å²) in [6.07, 6.45) is 0. The van der Waals surface area contributed by atoms with Crippen molar-refractivity contribution in [2.75, 3.05) is 24.9 Å². The van der Waals surface area contributed by atoms with Crippen LogP contribution in [-0.2, 0) is 4.79 Å². The van der Waals surface area contributed by atoms with Crippen LogP contribution in [0.25, 0.3) is 0 Å². The number of primary amides is 1. The van der Waals surface area contributed by atoms with Crippen LogP contribution in [0.4, 0.5) is 11.4 Å². The van der Waals surface area contributed by atoms with E-state index >= 15 is 0 Å². The van der Waals surface area contributed by atoms with E-state index in [4.69, 9.17) is 15.2 Å².